The molecular weight excluding hydrogens is 398 g/mol. The molecule has 1 fully saturated rings. The van der Waals surface area contributed by atoms with Crippen LogP contribution in [0.2, 0.25) is 0 Å². The number of aromatic nitrogens is 1. The molecule has 9 nitrogen and oxygen atoms in total. The van der Waals surface area contributed by atoms with Gasteiger partial charge in [0.05, 0.1) is 37.2 Å². The van der Waals surface area contributed by atoms with Crippen LogP contribution >= 0.6 is 0 Å². The third-order valence-corrected chi connectivity index (χ3v) is 5.25. The van der Waals surface area contributed by atoms with E-state index in [9.17, 15) is 9.90 Å². The van der Waals surface area contributed by atoms with Crippen LogP contribution in [-0.4, -0.2) is 43.5 Å². The first-order valence-electron chi connectivity index (χ1n) is 9.85. The molecule has 9 heteroatoms. The van der Waals surface area contributed by atoms with Crippen molar-refractivity contribution in [1.29, 1.82) is 0 Å². The average Bonchev–Trinajstić information content (AvgIpc) is 2.79. The van der Waals surface area contributed by atoms with Gasteiger partial charge in [-0.15, -0.1) is 0 Å². The smallest absolute Gasteiger partial charge is 0.191 e. The van der Waals surface area contributed by atoms with Crippen molar-refractivity contribution in [2.75, 3.05) is 43.3 Å². The second-order valence-corrected chi connectivity index (χ2v) is 7.19. The lowest BCUT2D eigenvalue weighted by Crippen LogP contribution is -2.37. The molecule has 2 aromatic carbocycles. The largest absolute Gasteiger partial charge is 0.504 e. The van der Waals surface area contributed by atoms with Gasteiger partial charge < -0.3 is 30.2 Å². The number of nitrogens with two attached hydrogens (primary N) is 2. The Balaban J connectivity index is 1.73. The average molecular weight is 423 g/mol. The van der Waals surface area contributed by atoms with E-state index in [0.29, 0.717) is 59.9 Å². The van der Waals surface area contributed by atoms with Crippen LogP contribution < -0.4 is 31.7 Å². The topological polar surface area (TPSA) is 130 Å². The molecule has 1 saturated heterocycles. The molecule has 0 unspecified atom stereocenters. The molecule has 2 heterocycles. The summed E-state index contributed by atoms with van der Waals surface area (Å²) in [6.07, 6.45) is 1.54. The Hall–Kier alpha value is -3.69. The first kappa shape index (κ1) is 20.6. The number of ether oxygens (including phenoxy) is 2. The van der Waals surface area contributed by atoms with Gasteiger partial charge in [0.25, 0.3) is 0 Å². The van der Waals surface area contributed by atoms with E-state index in [1.165, 1.54) is 24.4 Å². The highest BCUT2D eigenvalue weighted by Gasteiger charge is 2.15. The Kier molecular flexibility index (Phi) is 5.70. The SMILES string of the molecule is COc1ccc(N(N)/C=C(\N)c2cccc3c(=O)cc(N4CCOCC4)[nH]c23)cc1O. The van der Waals surface area contributed by atoms with Crippen LogP contribution in [0.1, 0.15) is 5.56 Å². The third-order valence-electron chi connectivity index (χ3n) is 5.25. The van der Waals surface area contributed by atoms with Crippen molar-refractivity contribution < 1.29 is 14.6 Å². The molecule has 0 spiro atoms. The number of morpholine rings is 1. The molecule has 31 heavy (non-hydrogen) atoms. The molecule has 0 bridgehead atoms. The van der Waals surface area contributed by atoms with E-state index in [4.69, 9.17) is 21.1 Å². The molecule has 162 valence electrons. The number of H-pyrrole nitrogens is 1. The van der Waals surface area contributed by atoms with E-state index in [-0.39, 0.29) is 11.2 Å². The molecule has 0 atom stereocenters. The number of methoxy groups -OCH3 is 1. The molecule has 1 aliphatic heterocycles. The summed E-state index contributed by atoms with van der Waals surface area (Å²) >= 11 is 0. The van der Waals surface area contributed by atoms with Crippen LogP contribution in [0, 0.1) is 0 Å². The first-order chi connectivity index (χ1) is 15.0. The lowest BCUT2D eigenvalue weighted by atomic mass is 10.1. The first-order valence-corrected chi connectivity index (χ1v) is 9.85. The highest BCUT2D eigenvalue weighted by molar-refractivity contribution is 5.91. The number of benzene rings is 2. The number of anilines is 2. The number of pyridine rings is 1. The van der Waals surface area contributed by atoms with Gasteiger partial charge in [0, 0.05) is 42.4 Å². The quantitative estimate of drug-likeness (QED) is 0.360. The van der Waals surface area contributed by atoms with Crippen LogP contribution in [0.15, 0.2) is 53.5 Å². The summed E-state index contributed by atoms with van der Waals surface area (Å²) in [4.78, 5) is 18.2. The number of phenols is 1. The van der Waals surface area contributed by atoms with Crippen molar-refractivity contribution in [1.82, 2.24) is 4.98 Å². The Morgan fingerprint density at radius 2 is 2.03 bits per heavy atom. The molecule has 6 N–H and O–H groups in total. The Morgan fingerprint density at radius 1 is 1.26 bits per heavy atom. The molecule has 0 saturated carbocycles. The zero-order valence-corrected chi connectivity index (χ0v) is 17.2. The fraction of sp³-hybridized carbons (Fsp3) is 0.227. The van der Waals surface area contributed by atoms with Crippen LogP contribution in [0.3, 0.4) is 0 Å². The van der Waals surface area contributed by atoms with Gasteiger partial charge in [-0.05, 0) is 18.2 Å². The Morgan fingerprint density at radius 3 is 2.74 bits per heavy atom. The zero-order valence-electron chi connectivity index (χ0n) is 17.2. The minimum atomic E-state index is -0.0884. The number of para-hydroxylation sites is 1. The number of phenolic OH excluding ortho intramolecular Hbond substituents is 1. The number of nitrogens with zero attached hydrogens (tertiary/aromatic N) is 2. The number of fused-ring (bicyclic) bond motifs is 1. The minimum Gasteiger partial charge on any atom is -0.504 e. The minimum absolute atomic E-state index is 0.0351. The second-order valence-electron chi connectivity index (χ2n) is 7.19. The van der Waals surface area contributed by atoms with E-state index >= 15 is 0 Å². The predicted molar refractivity (Wildman–Crippen MR) is 121 cm³/mol. The molecule has 4 rings (SSSR count). The maximum Gasteiger partial charge on any atom is 0.191 e. The van der Waals surface area contributed by atoms with Crippen molar-refractivity contribution in [3.63, 3.8) is 0 Å². The molecular formula is C22H25N5O4. The number of aromatic amines is 1. The summed E-state index contributed by atoms with van der Waals surface area (Å²) in [5.41, 5.74) is 8.44. The van der Waals surface area contributed by atoms with Crippen LogP contribution in [0.25, 0.3) is 16.6 Å². The fourth-order valence-corrected chi connectivity index (χ4v) is 3.61. The van der Waals surface area contributed by atoms with Gasteiger partial charge in [0.2, 0.25) is 0 Å². The predicted octanol–water partition coefficient (Wildman–Crippen LogP) is 1.72. The van der Waals surface area contributed by atoms with E-state index in [1.807, 2.05) is 6.07 Å². The van der Waals surface area contributed by atoms with E-state index < -0.39 is 0 Å². The molecule has 3 aromatic rings. The van der Waals surface area contributed by atoms with Gasteiger partial charge in [-0.1, -0.05) is 12.1 Å². The van der Waals surface area contributed by atoms with Gasteiger partial charge >= 0.3 is 0 Å². The van der Waals surface area contributed by atoms with Crippen LogP contribution in [-0.2, 0) is 4.74 Å². The number of rotatable bonds is 5. The maximum atomic E-state index is 12.7. The molecule has 0 aliphatic carbocycles. The van der Waals surface area contributed by atoms with E-state index in [2.05, 4.69) is 9.88 Å². The standard InChI is InChI=1S/C22H25N5O4/c1-30-20-6-5-14(11-19(20)29)27(24)13-17(23)15-3-2-4-16-18(28)12-21(25-22(15)16)26-7-9-31-10-8-26/h2-6,11-13,29H,7-10,23-24H2,1H3,(H,25,28)/b17-13-. The molecule has 0 radical (unpaired) electrons. The Labute approximate surface area is 179 Å². The zero-order chi connectivity index (χ0) is 22.0. The molecule has 1 aliphatic rings. The number of hydrazine groups is 1. The summed E-state index contributed by atoms with van der Waals surface area (Å²) in [5, 5.41) is 11.8. The number of aromatic hydroxyl groups is 1. The van der Waals surface area contributed by atoms with Crippen molar-refractivity contribution in [2.45, 2.75) is 0 Å². The summed E-state index contributed by atoms with van der Waals surface area (Å²) in [7, 11) is 1.47. The van der Waals surface area contributed by atoms with Crippen molar-refractivity contribution in [2.24, 2.45) is 11.6 Å². The Bertz CT molecular complexity index is 1180. The summed E-state index contributed by atoms with van der Waals surface area (Å²) in [6, 6.07) is 11.8. The lowest BCUT2D eigenvalue weighted by molar-refractivity contribution is 0.122. The number of hydrogen-bond acceptors (Lipinski definition) is 8. The summed E-state index contributed by atoms with van der Waals surface area (Å²) in [5.74, 6) is 7.18. The van der Waals surface area contributed by atoms with Crippen LogP contribution in [0.4, 0.5) is 11.5 Å². The normalized spacial score (nSPS) is 14.6. The lowest BCUT2D eigenvalue weighted by Gasteiger charge is -2.28. The monoisotopic (exact) mass is 423 g/mol. The summed E-state index contributed by atoms with van der Waals surface area (Å²) in [6.45, 7) is 2.63. The second kappa shape index (κ2) is 8.58. The summed E-state index contributed by atoms with van der Waals surface area (Å²) < 4.78 is 10.5. The third kappa shape index (κ3) is 4.14. The van der Waals surface area contributed by atoms with Gasteiger partial charge in [0.1, 0.15) is 5.82 Å². The maximum absolute atomic E-state index is 12.7. The van der Waals surface area contributed by atoms with Gasteiger partial charge in [0.15, 0.2) is 16.9 Å². The van der Waals surface area contributed by atoms with Gasteiger partial charge in [-0.2, -0.15) is 0 Å². The highest BCUT2D eigenvalue weighted by atomic mass is 16.5. The van der Waals surface area contributed by atoms with E-state index in [1.54, 1.807) is 30.3 Å². The van der Waals surface area contributed by atoms with Crippen LogP contribution in [0.5, 0.6) is 11.5 Å². The highest BCUT2D eigenvalue weighted by Crippen LogP contribution is 2.30. The fourth-order valence-electron chi connectivity index (χ4n) is 3.61. The molecule has 0 amide bonds. The molecule has 1 aromatic heterocycles. The van der Waals surface area contributed by atoms with E-state index in [0.717, 1.165) is 5.82 Å². The number of hydrogen-bond donors (Lipinski definition) is 4. The van der Waals surface area contributed by atoms with Crippen molar-refractivity contribution in [3.05, 3.63) is 64.5 Å². The number of nitrogens with one attached hydrogen (secondary N) is 1. The van der Waals surface area contributed by atoms with Crippen molar-refractivity contribution in [3.8, 4) is 11.5 Å². The van der Waals surface area contributed by atoms with Gasteiger partial charge in [-0.3, -0.25) is 9.80 Å². The van der Waals surface area contributed by atoms with Gasteiger partial charge in [-0.25, -0.2) is 5.84 Å². The van der Waals surface area contributed by atoms with Crippen molar-refractivity contribution >= 4 is 28.1 Å².